The number of rotatable bonds is 3. The first kappa shape index (κ1) is 15.8. The zero-order valence-electron chi connectivity index (χ0n) is 14.9. The number of likely N-dealkylation sites (tertiary alicyclic amines) is 1. The second-order valence-corrected chi connectivity index (χ2v) is 8.28. The van der Waals surface area contributed by atoms with E-state index >= 15 is 0 Å². The van der Waals surface area contributed by atoms with Crippen LogP contribution in [0.15, 0.2) is 30.4 Å². The lowest BCUT2D eigenvalue weighted by Gasteiger charge is -2.37. The number of carbonyl (C=O) groups excluding carboxylic acids is 3. The zero-order chi connectivity index (χ0) is 18.2. The topological polar surface area (TPSA) is 66.5 Å². The molecule has 0 spiro atoms. The lowest BCUT2D eigenvalue weighted by molar-refractivity contribution is -0.142. The molecule has 6 rings (SSSR count). The van der Waals surface area contributed by atoms with Gasteiger partial charge in [-0.1, -0.05) is 29.8 Å². The highest BCUT2D eigenvalue weighted by atomic mass is 16.2. The van der Waals surface area contributed by atoms with Crippen LogP contribution < -0.4 is 5.32 Å². The van der Waals surface area contributed by atoms with Crippen LogP contribution in [0.3, 0.4) is 0 Å². The average molecular weight is 350 g/mol. The summed E-state index contributed by atoms with van der Waals surface area (Å²) in [6.07, 6.45) is 5.43. The van der Waals surface area contributed by atoms with Crippen LogP contribution in [0.1, 0.15) is 17.5 Å². The summed E-state index contributed by atoms with van der Waals surface area (Å²) in [7, 11) is 0. The predicted octanol–water partition coefficient (Wildman–Crippen LogP) is 2.30. The Hall–Kier alpha value is -2.43. The Morgan fingerprint density at radius 3 is 2.27 bits per heavy atom. The summed E-state index contributed by atoms with van der Waals surface area (Å²) in [4.78, 5) is 39.5. The number of imide groups is 1. The summed E-state index contributed by atoms with van der Waals surface area (Å²) in [5.41, 5.74) is 2.81. The Morgan fingerprint density at radius 2 is 1.69 bits per heavy atom. The molecule has 1 aromatic carbocycles. The average Bonchev–Trinajstić information content (AvgIpc) is 3.39. The molecule has 1 aliphatic heterocycles. The first-order valence-electron chi connectivity index (χ1n) is 9.36. The van der Waals surface area contributed by atoms with Gasteiger partial charge in [0.05, 0.1) is 11.8 Å². The molecule has 4 aliphatic carbocycles. The van der Waals surface area contributed by atoms with Gasteiger partial charge in [0, 0.05) is 5.69 Å². The van der Waals surface area contributed by atoms with E-state index in [0.29, 0.717) is 11.8 Å². The minimum atomic E-state index is -0.317. The van der Waals surface area contributed by atoms with Gasteiger partial charge in [-0.3, -0.25) is 19.3 Å². The Kier molecular flexibility index (Phi) is 3.21. The van der Waals surface area contributed by atoms with Gasteiger partial charge in [-0.2, -0.15) is 0 Å². The fourth-order valence-corrected chi connectivity index (χ4v) is 5.46. The van der Waals surface area contributed by atoms with Crippen LogP contribution in [0.5, 0.6) is 0 Å². The Labute approximate surface area is 152 Å². The predicted molar refractivity (Wildman–Crippen MR) is 96.0 cm³/mol. The van der Waals surface area contributed by atoms with Gasteiger partial charge in [0.15, 0.2) is 0 Å². The third-order valence-corrected chi connectivity index (χ3v) is 6.71. The highest BCUT2D eigenvalue weighted by Crippen LogP contribution is 2.65. The maximum Gasteiger partial charge on any atom is 0.244 e. The number of hydrogen-bond donors (Lipinski definition) is 1. The van der Waals surface area contributed by atoms with Gasteiger partial charge in [-0.15, -0.1) is 0 Å². The van der Waals surface area contributed by atoms with E-state index in [2.05, 4.69) is 17.5 Å². The van der Waals surface area contributed by atoms with E-state index in [4.69, 9.17) is 0 Å². The highest BCUT2D eigenvalue weighted by molar-refractivity contribution is 6.09. The molecular formula is C21H22N2O3. The van der Waals surface area contributed by atoms with Crippen molar-refractivity contribution in [2.45, 2.75) is 20.3 Å². The van der Waals surface area contributed by atoms with Crippen molar-refractivity contribution >= 4 is 23.4 Å². The lowest BCUT2D eigenvalue weighted by atomic mass is 9.63. The normalized spacial score (nSPS) is 36.2. The summed E-state index contributed by atoms with van der Waals surface area (Å²) < 4.78 is 0. The van der Waals surface area contributed by atoms with Crippen LogP contribution in [0, 0.1) is 49.4 Å². The lowest BCUT2D eigenvalue weighted by Crippen LogP contribution is -2.40. The molecule has 1 N–H and O–H groups in total. The van der Waals surface area contributed by atoms with Crippen molar-refractivity contribution < 1.29 is 14.4 Å². The van der Waals surface area contributed by atoms with Crippen LogP contribution in [-0.2, 0) is 14.4 Å². The molecule has 5 heteroatoms. The molecule has 0 radical (unpaired) electrons. The molecule has 1 saturated heterocycles. The molecule has 6 atom stereocenters. The van der Waals surface area contributed by atoms with E-state index in [0.717, 1.165) is 23.2 Å². The number of allylic oxidation sites excluding steroid dienone is 2. The number of nitrogens with zero attached hydrogens (tertiary/aromatic N) is 1. The molecule has 5 aliphatic rings. The molecule has 2 saturated carbocycles. The molecular weight excluding hydrogens is 328 g/mol. The summed E-state index contributed by atoms with van der Waals surface area (Å²) in [5, 5.41) is 2.84. The first-order chi connectivity index (χ1) is 12.5. The molecule has 0 unspecified atom stereocenters. The molecule has 0 aromatic heterocycles. The van der Waals surface area contributed by atoms with E-state index in [1.165, 1.54) is 4.90 Å². The van der Waals surface area contributed by atoms with Gasteiger partial charge in [-0.05, 0) is 55.6 Å². The van der Waals surface area contributed by atoms with E-state index in [1.54, 1.807) is 0 Å². The van der Waals surface area contributed by atoms with Crippen molar-refractivity contribution in [2.24, 2.45) is 35.5 Å². The van der Waals surface area contributed by atoms with Gasteiger partial charge in [0.25, 0.3) is 0 Å². The maximum absolute atomic E-state index is 12.9. The van der Waals surface area contributed by atoms with Gasteiger partial charge in [0.1, 0.15) is 6.54 Å². The van der Waals surface area contributed by atoms with Crippen LogP contribution in [0.4, 0.5) is 5.69 Å². The number of nitrogens with one attached hydrogen (secondary N) is 1. The molecule has 2 bridgehead atoms. The van der Waals surface area contributed by atoms with Crippen LogP contribution >= 0.6 is 0 Å². The first-order valence-corrected chi connectivity index (χ1v) is 9.36. The number of carbonyl (C=O) groups is 3. The second kappa shape index (κ2) is 5.29. The van der Waals surface area contributed by atoms with E-state index in [-0.39, 0.29) is 47.9 Å². The van der Waals surface area contributed by atoms with Crippen LogP contribution in [0.2, 0.25) is 0 Å². The summed E-state index contributed by atoms with van der Waals surface area (Å²) >= 11 is 0. The quantitative estimate of drug-likeness (QED) is 0.672. The van der Waals surface area contributed by atoms with Gasteiger partial charge in [0.2, 0.25) is 17.7 Å². The third kappa shape index (κ3) is 2.12. The van der Waals surface area contributed by atoms with Crippen molar-refractivity contribution in [3.8, 4) is 0 Å². The number of anilines is 1. The van der Waals surface area contributed by atoms with E-state index < -0.39 is 0 Å². The second-order valence-electron chi connectivity index (χ2n) is 8.28. The summed E-state index contributed by atoms with van der Waals surface area (Å²) in [5.74, 6) is 0.436. The zero-order valence-corrected chi connectivity index (χ0v) is 14.9. The van der Waals surface area contributed by atoms with Gasteiger partial charge >= 0.3 is 0 Å². The number of benzene rings is 1. The number of hydrogen-bond acceptors (Lipinski definition) is 3. The van der Waals surface area contributed by atoms with Crippen molar-refractivity contribution in [2.75, 3.05) is 11.9 Å². The Bertz CT molecular complexity index is 838. The van der Waals surface area contributed by atoms with Crippen molar-refractivity contribution in [1.82, 2.24) is 4.90 Å². The number of amides is 3. The van der Waals surface area contributed by atoms with Crippen LogP contribution in [0.25, 0.3) is 0 Å². The van der Waals surface area contributed by atoms with E-state index in [1.807, 2.05) is 32.0 Å². The molecule has 5 nitrogen and oxygen atoms in total. The van der Waals surface area contributed by atoms with Crippen molar-refractivity contribution in [3.63, 3.8) is 0 Å². The standard InChI is InChI=1S/C21H22N2O3/c1-10-3-6-16(11(2)7-10)22-17(24)9-23-20(25)18-12-4-5-13(15-8-14(12)15)19(18)21(23)26/h3-7,12-15,18-19H,8-9H2,1-2H3,(H,22,24)/t12-,13-,14-,15-,18+,19+/m1/s1. The largest absolute Gasteiger partial charge is 0.324 e. The van der Waals surface area contributed by atoms with Crippen LogP contribution in [-0.4, -0.2) is 29.2 Å². The molecule has 1 aromatic rings. The monoisotopic (exact) mass is 350 g/mol. The van der Waals surface area contributed by atoms with E-state index in [9.17, 15) is 14.4 Å². The SMILES string of the molecule is Cc1ccc(NC(=O)CN2C(=O)[C@H]3[C@@H]4C=C[C@H]([C@H]5C[C@H]45)[C@@H]3C2=O)c(C)c1. The summed E-state index contributed by atoms with van der Waals surface area (Å²) in [6, 6.07) is 5.78. The third-order valence-electron chi connectivity index (χ3n) is 6.71. The minimum Gasteiger partial charge on any atom is -0.324 e. The molecule has 3 amide bonds. The highest BCUT2D eigenvalue weighted by Gasteiger charge is 2.67. The molecule has 1 heterocycles. The van der Waals surface area contributed by atoms with Crippen molar-refractivity contribution in [1.29, 1.82) is 0 Å². The molecule has 134 valence electrons. The fourth-order valence-electron chi connectivity index (χ4n) is 5.46. The summed E-state index contributed by atoms with van der Waals surface area (Å²) in [6.45, 7) is 3.74. The Balaban J connectivity index is 1.33. The van der Waals surface area contributed by atoms with Gasteiger partial charge < -0.3 is 5.32 Å². The fraction of sp³-hybridized carbons (Fsp3) is 0.476. The molecule has 3 fully saturated rings. The minimum absolute atomic E-state index is 0.152. The van der Waals surface area contributed by atoms with Gasteiger partial charge in [-0.25, -0.2) is 0 Å². The Morgan fingerprint density at radius 1 is 1.08 bits per heavy atom. The van der Waals surface area contributed by atoms with Crippen molar-refractivity contribution in [3.05, 3.63) is 41.5 Å². The maximum atomic E-state index is 12.9. The smallest absolute Gasteiger partial charge is 0.244 e. The molecule has 26 heavy (non-hydrogen) atoms. The number of aryl methyl sites for hydroxylation is 2.